The zero-order valence-corrected chi connectivity index (χ0v) is 27.1. The first-order chi connectivity index (χ1) is 13.7. The van der Waals surface area contributed by atoms with Gasteiger partial charge in [0.05, 0.1) is 0 Å². The second-order valence-electron chi connectivity index (χ2n) is 13.3. The third-order valence-electron chi connectivity index (χ3n) is 7.16. The van der Waals surface area contributed by atoms with Crippen molar-refractivity contribution in [3.05, 3.63) is 45.2 Å². The summed E-state index contributed by atoms with van der Waals surface area (Å²) in [7, 11) is -2.54. The van der Waals surface area contributed by atoms with Crippen LogP contribution in [0.15, 0.2) is 34.0 Å². The van der Waals surface area contributed by atoms with E-state index in [1.54, 1.807) is 16.3 Å². The summed E-state index contributed by atoms with van der Waals surface area (Å²) in [4.78, 5) is 0. The van der Waals surface area contributed by atoms with Crippen molar-refractivity contribution >= 4 is 31.8 Å². The van der Waals surface area contributed by atoms with Crippen LogP contribution in [0.25, 0.3) is 0 Å². The molecule has 0 fully saturated rings. The smallest absolute Gasteiger partial charge is 0.242 e. The number of rotatable bonds is 4. The Kier molecular flexibility index (Phi) is 6.96. The molecule has 1 aliphatic rings. The summed E-state index contributed by atoms with van der Waals surface area (Å²) in [5.41, 5.74) is 8.35. The zero-order valence-electron chi connectivity index (χ0n) is 23.1. The predicted octanol–water partition coefficient (Wildman–Crippen LogP) is 6.77. The highest BCUT2D eigenvalue weighted by atomic mass is 28.4. The number of allylic oxidation sites excluding steroid dienone is 4. The molecule has 2 rings (SSSR count). The molecule has 174 valence electrons. The van der Waals surface area contributed by atoms with Crippen molar-refractivity contribution in [2.75, 3.05) is 0 Å². The second kappa shape index (κ2) is 8.18. The SMILES string of the molecule is CC1=C(C)C([SiH3])C([Si](C)(C)c2cc(C(C)(C)C)cc(C(C)(C)C)c2O[Si](C)(C)C)=C1C. The summed E-state index contributed by atoms with van der Waals surface area (Å²) in [5, 5.41) is 3.27. The van der Waals surface area contributed by atoms with Gasteiger partial charge in [-0.3, -0.25) is 0 Å². The quantitative estimate of drug-likeness (QED) is 0.439. The third kappa shape index (κ3) is 5.22. The number of hydrogen-bond donors (Lipinski definition) is 0. The van der Waals surface area contributed by atoms with Crippen LogP contribution in [0.2, 0.25) is 38.3 Å². The number of hydrogen-bond acceptors (Lipinski definition) is 1. The number of benzene rings is 1. The molecule has 0 aliphatic heterocycles. The topological polar surface area (TPSA) is 9.23 Å². The molecule has 0 amide bonds. The lowest BCUT2D eigenvalue weighted by molar-refractivity contribution is 0.506. The van der Waals surface area contributed by atoms with Gasteiger partial charge in [-0.05, 0) is 78.7 Å². The lowest BCUT2D eigenvalue weighted by Gasteiger charge is -2.38. The summed E-state index contributed by atoms with van der Waals surface area (Å²) < 4.78 is 6.98. The Morgan fingerprint density at radius 1 is 0.806 bits per heavy atom. The molecule has 0 aromatic heterocycles. The van der Waals surface area contributed by atoms with Crippen LogP contribution in [0.4, 0.5) is 0 Å². The van der Waals surface area contributed by atoms with Gasteiger partial charge in [-0.15, -0.1) is 0 Å². The second-order valence-corrected chi connectivity index (χ2v) is 23.2. The zero-order chi connectivity index (χ0) is 24.3. The van der Waals surface area contributed by atoms with Crippen LogP contribution in [-0.2, 0) is 10.8 Å². The molecule has 0 saturated carbocycles. The maximum Gasteiger partial charge on any atom is 0.242 e. The Morgan fingerprint density at radius 2 is 1.32 bits per heavy atom. The van der Waals surface area contributed by atoms with Gasteiger partial charge in [0.1, 0.15) is 13.8 Å². The molecule has 1 unspecified atom stereocenters. The fourth-order valence-corrected chi connectivity index (χ4v) is 13.0. The van der Waals surface area contributed by atoms with Crippen LogP contribution < -0.4 is 9.61 Å². The minimum atomic E-state index is -1.95. The summed E-state index contributed by atoms with van der Waals surface area (Å²) >= 11 is 0. The average Bonchev–Trinajstić information content (AvgIpc) is 2.75. The molecule has 1 nitrogen and oxygen atoms in total. The van der Waals surface area contributed by atoms with E-state index < -0.39 is 16.4 Å². The summed E-state index contributed by atoms with van der Waals surface area (Å²) in [6, 6.07) is 4.99. The van der Waals surface area contributed by atoms with Gasteiger partial charge in [-0.25, -0.2) is 0 Å². The van der Waals surface area contributed by atoms with E-state index in [9.17, 15) is 0 Å². The van der Waals surface area contributed by atoms with E-state index in [1.165, 1.54) is 37.9 Å². The molecule has 31 heavy (non-hydrogen) atoms. The molecule has 4 heteroatoms. The Morgan fingerprint density at radius 3 is 1.68 bits per heavy atom. The molecule has 0 spiro atoms. The van der Waals surface area contributed by atoms with E-state index >= 15 is 0 Å². The molecule has 0 bridgehead atoms. The molecule has 1 aliphatic carbocycles. The van der Waals surface area contributed by atoms with Gasteiger partial charge in [0.25, 0.3) is 0 Å². The van der Waals surface area contributed by atoms with Crippen LogP contribution in [0.5, 0.6) is 5.75 Å². The summed E-state index contributed by atoms with van der Waals surface area (Å²) in [5.74, 6) is 1.22. The van der Waals surface area contributed by atoms with Gasteiger partial charge in [-0.1, -0.05) is 83.1 Å². The van der Waals surface area contributed by atoms with Crippen molar-refractivity contribution in [2.45, 2.75) is 111 Å². The normalized spacial score (nSPS) is 19.0. The van der Waals surface area contributed by atoms with Gasteiger partial charge in [0, 0.05) is 10.2 Å². The first-order valence-electron chi connectivity index (χ1n) is 12.0. The highest BCUT2D eigenvalue weighted by Crippen LogP contribution is 2.45. The van der Waals surface area contributed by atoms with E-state index in [1.807, 2.05) is 0 Å². The summed E-state index contributed by atoms with van der Waals surface area (Å²) in [6.45, 7) is 33.2. The highest BCUT2D eigenvalue weighted by molar-refractivity contribution is 6.97. The van der Waals surface area contributed by atoms with Crippen molar-refractivity contribution in [3.8, 4) is 5.75 Å². The van der Waals surface area contributed by atoms with E-state index in [-0.39, 0.29) is 10.8 Å². The van der Waals surface area contributed by atoms with Crippen molar-refractivity contribution in [1.82, 2.24) is 0 Å². The Hall–Kier alpha value is -0.849. The molecule has 1 atom stereocenters. The van der Waals surface area contributed by atoms with Gasteiger partial charge in [0.2, 0.25) is 8.32 Å². The predicted molar refractivity (Wildman–Crippen MR) is 150 cm³/mol. The Labute approximate surface area is 198 Å². The van der Waals surface area contributed by atoms with E-state index in [0.29, 0.717) is 5.54 Å². The minimum Gasteiger partial charge on any atom is -0.544 e. The van der Waals surface area contributed by atoms with Crippen molar-refractivity contribution in [3.63, 3.8) is 0 Å². The van der Waals surface area contributed by atoms with Crippen LogP contribution >= 0.6 is 0 Å². The van der Waals surface area contributed by atoms with Crippen molar-refractivity contribution in [2.24, 2.45) is 0 Å². The van der Waals surface area contributed by atoms with E-state index in [4.69, 9.17) is 4.43 Å². The third-order valence-corrected chi connectivity index (χ3v) is 13.9. The highest BCUT2D eigenvalue weighted by Gasteiger charge is 2.41. The van der Waals surface area contributed by atoms with Crippen LogP contribution in [0.3, 0.4) is 0 Å². The lowest BCUT2D eigenvalue weighted by Crippen LogP contribution is -2.49. The Bertz CT molecular complexity index is 929. The average molecular weight is 473 g/mol. The van der Waals surface area contributed by atoms with Crippen molar-refractivity contribution < 1.29 is 4.43 Å². The molecule has 0 radical (unpaired) electrons. The molecule has 1 aromatic carbocycles. The molecule has 1 aromatic rings. The lowest BCUT2D eigenvalue weighted by atomic mass is 9.80. The summed E-state index contributed by atoms with van der Waals surface area (Å²) in [6.07, 6.45) is 0. The van der Waals surface area contributed by atoms with Gasteiger partial charge in [0.15, 0.2) is 0 Å². The van der Waals surface area contributed by atoms with Crippen molar-refractivity contribution in [1.29, 1.82) is 0 Å². The minimum absolute atomic E-state index is 0.0407. The fourth-order valence-electron chi connectivity index (χ4n) is 5.02. The van der Waals surface area contributed by atoms with Crippen LogP contribution in [0, 0.1) is 0 Å². The Balaban J connectivity index is 2.96. The maximum absolute atomic E-state index is 6.98. The van der Waals surface area contributed by atoms with Gasteiger partial charge >= 0.3 is 0 Å². The van der Waals surface area contributed by atoms with E-state index in [0.717, 1.165) is 0 Å². The van der Waals surface area contributed by atoms with Crippen LogP contribution in [0.1, 0.15) is 73.4 Å². The van der Waals surface area contributed by atoms with Gasteiger partial charge < -0.3 is 4.43 Å². The molecule has 0 N–H and O–H groups in total. The fraction of sp³-hybridized carbons (Fsp3) is 0.630. The molecule has 0 heterocycles. The monoisotopic (exact) mass is 472 g/mol. The molecular weight excluding hydrogens is 425 g/mol. The standard InChI is InChI=1S/C27H48OSi3/c1-17-18(2)24(29)25(19(17)3)31(13,14)22-16-20(26(4,5)6)15-21(27(7,8)9)23(22)28-30(10,11)12/h15-16,24H,1-14,29H3. The first kappa shape index (κ1) is 26.4. The maximum atomic E-state index is 6.98. The van der Waals surface area contributed by atoms with E-state index in [2.05, 4.69) is 107 Å². The molecule has 0 saturated heterocycles. The molecular formula is C27H48OSi3. The van der Waals surface area contributed by atoms with Gasteiger partial charge in [-0.2, -0.15) is 0 Å². The first-order valence-corrected chi connectivity index (χ1v) is 19.5. The van der Waals surface area contributed by atoms with Crippen LogP contribution in [-0.4, -0.2) is 26.6 Å². The largest absolute Gasteiger partial charge is 0.544 e.